The molecule has 0 bridgehead atoms. The smallest absolute Gasteiger partial charge is 0.341 e. The molecule has 2 nitrogen and oxygen atoms in total. The molecule has 0 saturated heterocycles. The van der Waals surface area contributed by atoms with Crippen molar-refractivity contribution in [3.05, 3.63) is 33.0 Å². The molecule has 0 N–H and O–H groups in total. The van der Waals surface area contributed by atoms with Gasteiger partial charge in [-0.2, -0.15) is 0 Å². The Labute approximate surface area is 107 Å². The lowest BCUT2D eigenvalue weighted by Gasteiger charge is -2.19. The van der Waals surface area contributed by atoms with Crippen LogP contribution in [0.15, 0.2) is 16.6 Å². The molecule has 5 heteroatoms. The predicted molar refractivity (Wildman–Crippen MR) is 64.3 cm³/mol. The maximum absolute atomic E-state index is 13.6. The topological polar surface area (TPSA) is 26.3 Å². The maximum atomic E-state index is 13.6. The van der Waals surface area contributed by atoms with Crippen LogP contribution in [0.1, 0.15) is 31.1 Å². The van der Waals surface area contributed by atoms with Gasteiger partial charge in [0.05, 0.1) is 10.6 Å². The van der Waals surface area contributed by atoms with Crippen molar-refractivity contribution in [2.75, 3.05) is 0 Å². The first kappa shape index (κ1) is 13.5. The highest BCUT2D eigenvalue weighted by atomic mass is 79.9. The standard InChI is InChI=1S/C11H11BrClFO2/c1-11(2,3)16-10(15)6-4-5-7(12)8(13)9(6)14/h4-5H,1-3H3. The third kappa shape index (κ3) is 3.19. The zero-order valence-electron chi connectivity index (χ0n) is 9.11. The zero-order chi connectivity index (χ0) is 12.5. The molecular formula is C11H11BrClFO2. The molecule has 0 heterocycles. The molecule has 1 rings (SSSR count). The molecule has 1 aromatic carbocycles. The van der Waals surface area contributed by atoms with Gasteiger partial charge in [0, 0.05) is 4.47 Å². The molecule has 0 unspecified atom stereocenters. The minimum atomic E-state index is -0.773. The van der Waals surface area contributed by atoms with E-state index in [9.17, 15) is 9.18 Å². The Balaban J connectivity index is 3.06. The monoisotopic (exact) mass is 308 g/mol. The van der Waals surface area contributed by atoms with E-state index in [1.54, 1.807) is 20.8 Å². The summed E-state index contributed by atoms with van der Waals surface area (Å²) >= 11 is 8.74. The van der Waals surface area contributed by atoms with Crippen molar-refractivity contribution in [3.63, 3.8) is 0 Å². The summed E-state index contributed by atoms with van der Waals surface area (Å²) in [4.78, 5) is 11.6. The Morgan fingerprint density at radius 1 is 1.44 bits per heavy atom. The summed E-state index contributed by atoms with van der Waals surface area (Å²) in [7, 11) is 0. The summed E-state index contributed by atoms with van der Waals surface area (Å²) in [5, 5.41) is -0.122. The van der Waals surface area contributed by atoms with Crippen LogP contribution in [-0.4, -0.2) is 11.6 Å². The van der Waals surface area contributed by atoms with Gasteiger partial charge >= 0.3 is 5.97 Å². The fourth-order valence-electron chi connectivity index (χ4n) is 1.02. The van der Waals surface area contributed by atoms with Crippen molar-refractivity contribution >= 4 is 33.5 Å². The quantitative estimate of drug-likeness (QED) is 0.574. The second kappa shape index (κ2) is 4.72. The van der Waals surface area contributed by atoms with Gasteiger partial charge in [-0.3, -0.25) is 0 Å². The first-order chi connectivity index (χ1) is 7.22. The van der Waals surface area contributed by atoms with Crippen molar-refractivity contribution in [2.24, 2.45) is 0 Å². The Bertz CT molecular complexity index is 427. The molecule has 1 aromatic rings. The Kier molecular flexibility index (Phi) is 3.97. The van der Waals surface area contributed by atoms with Gasteiger partial charge in [0.15, 0.2) is 5.82 Å². The van der Waals surface area contributed by atoms with E-state index < -0.39 is 17.4 Å². The third-order valence-corrected chi connectivity index (χ3v) is 2.91. The lowest BCUT2D eigenvalue weighted by atomic mass is 10.1. The van der Waals surface area contributed by atoms with Crippen LogP contribution in [0.3, 0.4) is 0 Å². The Hall–Kier alpha value is -0.610. The second-order valence-electron chi connectivity index (χ2n) is 4.22. The number of rotatable bonds is 1. The van der Waals surface area contributed by atoms with E-state index in [1.807, 2.05) is 0 Å². The molecule has 0 amide bonds. The molecule has 0 aliphatic rings. The fraction of sp³-hybridized carbons (Fsp3) is 0.364. The molecule has 0 aliphatic heterocycles. The number of carbonyl (C=O) groups excluding carboxylic acids is 1. The largest absolute Gasteiger partial charge is 0.456 e. The third-order valence-electron chi connectivity index (χ3n) is 1.65. The van der Waals surface area contributed by atoms with Gasteiger partial charge in [-0.05, 0) is 48.8 Å². The van der Waals surface area contributed by atoms with E-state index in [-0.39, 0.29) is 10.6 Å². The highest BCUT2D eigenvalue weighted by Gasteiger charge is 2.22. The minimum Gasteiger partial charge on any atom is -0.456 e. The van der Waals surface area contributed by atoms with Crippen molar-refractivity contribution in [2.45, 2.75) is 26.4 Å². The van der Waals surface area contributed by atoms with Crippen LogP contribution >= 0.6 is 27.5 Å². The lowest BCUT2D eigenvalue weighted by Crippen LogP contribution is -2.24. The van der Waals surface area contributed by atoms with Crippen molar-refractivity contribution < 1.29 is 13.9 Å². The van der Waals surface area contributed by atoms with Gasteiger partial charge in [-0.25, -0.2) is 9.18 Å². The number of carbonyl (C=O) groups is 1. The summed E-state index contributed by atoms with van der Waals surface area (Å²) in [5.41, 5.74) is -0.827. The van der Waals surface area contributed by atoms with Crippen molar-refractivity contribution in [3.8, 4) is 0 Å². The number of hydrogen-bond acceptors (Lipinski definition) is 2. The molecule has 16 heavy (non-hydrogen) atoms. The summed E-state index contributed by atoms with van der Waals surface area (Å²) in [6, 6.07) is 2.84. The number of halogens is 3. The average molecular weight is 310 g/mol. The van der Waals surface area contributed by atoms with Crippen molar-refractivity contribution in [1.82, 2.24) is 0 Å². The highest BCUT2D eigenvalue weighted by Crippen LogP contribution is 2.28. The second-order valence-corrected chi connectivity index (χ2v) is 5.46. The lowest BCUT2D eigenvalue weighted by molar-refractivity contribution is 0.00647. The number of ether oxygens (including phenoxy) is 1. The van der Waals surface area contributed by atoms with E-state index in [0.29, 0.717) is 4.47 Å². The molecule has 0 saturated carbocycles. The average Bonchev–Trinajstić information content (AvgIpc) is 2.11. The Morgan fingerprint density at radius 3 is 2.50 bits per heavy atom. The van der Waals surface area contributed by atoms with Crippen LogP contribution in [0, 0.1) is 5.82 Å². The van der Waals surface area contributed by atoms with Gasteiger partial charge in [0.1, 0.15) is 5.60 Å². The van der Waals surface area contributed by atoms with E-state index in [0.717, 1.165) is 0 Å². The zero-order valence-corrected chi connectivity index (χ0v) is 11.4. The number of esters is 1. The molecule has 0 aliphatic carbocycles. The van der Waals surface area contributed by atoms with Gasteiger partial charge in [-0.15, -0.1) is 0 Å². The van der Waals surface area contributed by atoms with Gasteiger partial charge in [0.25, 0.3) is 0 Å². The van der Waals surface area contributed by atoms with E-state index in [2.05, 4.69) is 15.9 Å². The molecule has 0 aromatic heterocycles. The molecular weight excluding hydrogens is 298 g/mol. The molecule has 0 radical (unpaired) electrons. The summed E-state index contributed by atoms with van der Waals surface area (Å²) in [6.07, 6.45) is 0. The number of hydrogen-bond donors (Lipinski definition) is 0. The van der Waals surface area contributed by atoms with E-state index in [4.69, 9.17) is 16.3 Å². The first-order valence-electron chi connectivity index (χ1n) is 4.59. The van der Waals surface area contributed by atoms with E-state index in [1.165, 1.54) is 12.1 Å². The molecule has 0 atom stereocenters. The van der Waals surface area contributed by atoms with E-state index >= 15 is 0 Å². The molecule has 0 spiro atoms. The van der Waals surface area contributed by atoms with Gasteiger partial charge in [0.2, 0.25) is 0 Å². The SMILES string of the molecule is CC(C)(C)OC(=O)c1ccc(Br)c(Cl)c1F. The van der Waals surface area contributed by atoms with Gasteiger partial charge in [-0.1, -0.05) is 11.6 Å². The summed E-state index contributed by atoms with van der Waals surface area (Å²) < 4.78 is 19.1. The van der Waals surface area contributed by atoms with Crippen LogP contribution in [0.2, 0.25) is 5.02 Å². The normalized spacial score (nSPS) is 11.4. The first-order valence-corrected chi connectivity index (χ1v) is 5.76. The Morgan fingerprint density at radius 2 is 2.00 bits per heavy atom. The van der Waals surface area contributed by atoms with Crippen molar-refractivity contribution in [1.29, 1.82) is 0 Å². The number of benzene rings is 1. The highest BCUT2D eigenvalue weighted by molar-refractivity contribution is 9.10. The van der Waals surface area contributed by atoms with Crippen LogP contribution in [-0.2, 0) is 4.74 Å². The predicted octanol–water partition coefficient (Wildman–Crippen LogP) is 4.20. The van der Waals surface area contributed by atoms with Crippen LogP contribution in [0.5, 0.6) is 0 Å². The van der Waals surface area contributed by atoms with Crippen LogP contribution < -0.4 is 0 Å². The minimum absolute atomic E-state index is 0.122. The van der Waals surface area contributed by atoms with Gasteiger partial charge < -0.3 is 4.74 Å². The maximum Gasteiger partial charge on any atom is 0.341 e. The summed E-state index contributed by atoms with van der Waals surface area (Å²) in [5.74, 6) is -1.50. The summed E-state index contributed by atoms with van der Waals surface area (Å²) in [6.45, 7) is 5.13. The molecule has 88 valence electrons. The van der Waals surface area contributed by atoms with Crippen LogP contribution in [0.25, 0.3) is 0 Å². The van der Waals surface area contributed by atoms with Crippen LogP contribution in [0.4, 0.5) is 4.39 Å². The molecule has 0 fully saturated rings. The fourth-order valence-corrected chi connectivity index (χ4v) is 1.49.